The van der Waals surface area contributed by atoms with Gasteiger partial charge in [-0.15, -0.1) is 6.58 Å². The SMILES string of the molecule is C=CCN(CC(=O)O)C(=O)Cc1ccn[nH]1. The van der Waals surface area contributed by atoms with Crippen LogP contribution in [-0.2, 0) is 16.0 Å². The van der Waals surface area contributed by atoms with Crippen LogP contribution in [0.4, 0.5) is 0 Å². The van der Waals surface area contributed by atoms with Gasteiger partial charge in [0.15, 0.2) is 0 Å². The lowest BCUT2D eigenvalue weighted by molar-refractivity contribution is -0.143. The third kappa shape index (κ3) is 3.56. The molecule has 0 radical (unpaired) electrons. The number of aromatic nitrogens is 2. The van der Waals surface area contributed by atoms with Crippen molar-refractivity contribution < 1.29 is 14.7 Å². The van der Waals surface area contributed by atoms with Crippen molar-refractivity contribution in [2.24, 2.45) is 0 Å². The number of rotatable bonds is 6. The van der Waals surface area contributed by atoms with Gasteiger partial charge in [0, 0.05) is 18.4 Å². The first-order valence-corrected chi connectivity index (χ1v) is 4.72. The average Bonchev–Trinajstić information content (AvgIpc) is 2.69. The van der Waals surface area contributed by atoms with Crippen molar-refractivity contribution in [3.05, 3.63) is 30.6 Å². The highest BCUT2D eigenvalue weighted by Gasteiger charge is 2.16. The lowest BCUT2D eigenvalue weighted by atomic mass is 10.2. The van der Waals surface area contributed by atoms with Crippen LogP contribution in [0.25, 0.3) is 0 Å². The van der Waals surface area contributed by atoms with E-state index in [0.717, 1.165) is 0 Å². The van der Waals surface area contributed by atoms with Crippen LogP contribution in [-0.4, -0.2) is 45.2 Å². The molecule has 0 aliphatic carbocycles. The molecule has 6 nitrogen and oxygen atoms in total. The fourth-order valence-corrected chi connectivity index (χ4v) is 1.23. The van der Waals surface area contributed by atoms with Crippen LogP contribution in [0, 0.1) is 0 Å². The van der Waals surface area contributed by atoms with Gasteiger partial charge >= 0.3 is 5.97 Å². The summed E-state index contributed by atoms with van der Waals surface area (Å²) in [5.41, 5.74) is 0.657. The summed E-state index contributed by atoms with van der Waals surface area (Å²) in [4.78, 5) is 23.5. The molecule has 86 valence electrons. The lowest BCUT2D eigenvalue weighted by Gasteiger charge is -2.18. The summed E-state index contributed by atoms with van der Waals surface area (Å²) in [5.74, 6) is -1.31. The largest absolute Gasteiger partial charge is 0.480 e. The highest BCUT2D eigenvalue weighted by molar-refractivity contribution is 5.82. The number of hydrogen-bond donors (Lipinski definition) is 2. The second kappa shape index (κ2) is 5.69. The average molecular weight is 223 g/mol. The van der Waals surface area contributed by atoms with Crippen LogP contribution in [0.5, 0.6) is 0 Å². The van der Waals surface area contributed by atoms with E-state index in [4.69, 9.17) is 5.11 Å². The molecule has 6 heteroatoms. The van der Waals surface area contributed by atoms with Crippen LogP contribution >= 0.6 is 0 Å². The number of amides is 1. The molecule has 0 bridgehead atoms. The molecule has 0 aromatic carbocycles. The second-order valence-electron chi connectivity index (χ2n) is 3.22. The van der Waals surface area contributed by atoms with E-state index in [1.165, 1.54) is 17.2 Å². The Morgan fingerprint density at radius 3 is 2.88 bits per heavy atom. The minimum Gasteiger partial charge on any atom is -0.480 e. The van der Waals surface area contributed by atoms with Gasteiger partial charge in [0.1, 0.15) is 6.54 Å². The number of aliphatic carboxylic acids is 1. The zero-order valence-corrected chi connectivity index (χ0v) is 8.72. The predicted molar refractivity (Wildman–Crippen MR) is 56.7 cm³/mol. The van der Waals surface area contributed by atoms with Crippen molar-refractivity contribution >= 4 is 11.9 Å². The molecule has 0 aliphatic rings. The van der Waals surface area contributed by atoms with Gasteiger partial charge in [0.05, 0.1) is 6.42 Å². The monoisotopic (exact) mass is 223 g/mol. The number of H-pyrrole nitrogens is 1. The number of carboxylic acid groups (broad SMARTS) is 1. The minimum absolute atomic E-state index is 0.112. The van der Waals surface area contributed by atoms with E-state index in [1.807, 2.05) is 0 Å². The summed E-state index contributed by atoms with van der Waals surface area (Å²) in [5, 5.41) is 15.0. The Balaban J connectivity index is 2.59. The molecule has 0 atom stereocenters. The Morgan fingerprint density at radius 2 is 2.38 bits per heavy atom. The Bertz CT molecular complexity index is 373. The van der Waals surface area contributed by atoms with Gasteiger partial charge in [-0.2, -0.15) is 5.10 Å². The first kappa shape index (κ1) is 12.0. The molecule has 0 spiro atoms. The van der Waals surface area contributed by atoms with Crippen LogP contribution in [0.2, 0.25) is 0 Å². The van der Waals surface area contributed by atoms with E-state index in [0.29, 0.717) is 5.69 Å². The van der Waals surface area contributed by atoms with E-state index < -0.39 is 5.97 Å². The van der Waals surface area contributed by atoms with Crippen molar-refractivity contribution in [2.75, 3.05) is 13.1 Å². The molecule has 1 aromatic heterocycles. The highest BCUT2D eigenvalue weighted by atomic mass is 16.4. The Hall–Kier alpha value is -2.11. The smallest absolute Gasteiger partial charge is 0.323 e. The second-order valence-corrected chi connectivity index (χ2v) is 3.22. The van der Waals surface area contributed by atoms with Gasteiger partial charge in [0.25, 0.3) is 0 Å². The fourth-order valence-electron chi connectivity index (χ4n) is 1.23. The first-order chi connectivity index (χ1) is 7.63. The van der Waals surface area contributed by atoms with Gasteiger partial charge in [-0.05, 0) is 6.07 Å². The van der Waals surface area contributed by atoms with Crippen LogP contribution in [0.1, 0.15) is 5.69 Å². The van der Waals surface area contributed by atoms with Gasteiger partial charge < -0.3 is 10.0 Å². The summed E-state index contributed by atoms with van der Waals surface area (Å²) in [6, 6.07) is 1.67. The van der Waals surface area contributed by atoms with Crippen LogP contribution in [0.3, 0.4) is 0 Å². The van der Waals surface area contributed by atoms with E-state index >= 15 is 0 Å². The third-order valence-corrected chi connectivity index (χ3v) is 1.93. The normalized spacial score (nSPS) is 9.75. The van der Waals surface area contributed by atoms with E-state index in [1.54, 1.807) is 6.07 Å². The maximum Gasteiger partial charge on any atom is 0.323 e. The fraction of sp³-hybridized carbons (Fsp3) is 0.300. The van der Waals surface area contributed by atoms with Crippen molar-refractivity contribution in [1.82, 2.24) is 15.1 Å². The number of carbonyl (C=O) groups excluding carboxylic acids is 1. The van der Waals surface area contributed by atoms with Gasteiger partial charge in [0.2, 0.25) is 5.91 Å². The first-order valence-electron chi connectivity index (χ1n) is 4.72. The highest BCUT2D eigenvalue weighted by Crippen LogP contribution is 1.99. The van der Waals surface area contributed by atoms with Crippen molar-refractivity contribution in [3.63, 3.8) is 0 Å². The standard InChI is InChI=1S/C10H13N3O3/c1-2-5-13(7-10(15)16)9(14)6-8-3-4-11-12-8/h2-4H,1,5-7H2,(H,11,12)(H,15,16). The van der Waals surface area contributed by atoms with Gasteiger partial charge in [-0.25, -0.2) is 0 Å². The molecule has 1 heterocycles. The molecule has 0 saturated carbocycles. The molecule has 16 heavy (non-hydrogen) atoms. The zero-order chi connectivity index (χ0) is 12.0. The molecule has 2 N–H and O–H groups in total. The van der Waals surface area contributed by atoms with E-state index in [-0.39, 0.29) is 25.4 Å². The molecule has 1 rings (SSSR count). The quantitative estimate of drug-likeness (QED) is 0.667. The Labute approximate surface area is 92.6 Å². The lowest BCUT2D eigenvalue weighted by Crippen LogP contribution is -2.36. The number of nitrogens with zero attached hydrogens (tertiary/aromatic N) is 2. The molecular weight excluding hydrogens is 210 g/mol. The van der Waals surface area contributed by atoms with E-state index in [2.05, 4.69) is 16.8 Å². The topological polar surface area (TPSA) is 86.3 Å². The van der Waals surface area contributed by atoms with Crippen molar-refractivity contribution in [2.45, 2.75) is 6.42 Å². The van der Waals surface area contributed by atoms with Crippen LogP contribution in [0.15, 0.2) is 24.9 Å². The number of hydrogen-bond acceptors (Lipinski definition) is 3. The third-order valence-electron chi connectivity index (χ3n) is 1.93. The maximum absolute atomic E-state index is 11.7. The van der Waals surface area contributed by atoms with Gasteiger partial charge in [-0.1, -0.05) is 6.08 Å². The molecule has 1 aromatic rings. The van der Waals surface area contributed by atoms with Crippen LogP contribution < -0.4 is 0 Å². The number of aromatic amines is 1. The number of carbonyl (C=O) groups is 2. The zero-order valence-electron chi connectivity index (χ0n) is 8.72. The van der Waals surface area contributed by atoms with E-state index in [9.17, 15) is 9.59 Å². The molecule has 0 unspecified atom stereocenters. The summed E-state index contributed by atoms with van der Waals surface area (Å²) in [6.07, 6.45) is 3.15. The minimum atomic E-state index is -1.04. The van der Waals surface area contributed by atoms with Gasteiger partial charge in [-0.3, -0.25) is 14.7 Å². The summed E-state index contributed by atoms with van der Waals surface area (Å²) < 4.78 is 0. The molecule has 0 fully saturated rings. The summed E-state index contributed by atoms with van der Waals surface area (Å²) in [7, 11) is 0. The molecular formula is C10H13N3O3. The summed E-state index contributed by atoms with van der Waals surface area (Å²) in [6.45, 7) is 3.38. The number of nitrogens with one attached hydrogen (secondary N) is 1. The molecule has 1 amide bonds. The van der Waals surface area contributed by atoms with Crippen molar-refractivity contribution in [3.8, 4) is 0 Å². The predicted octanol–water partition coefficient (Wildman–Crippen LogP) is 0.0514. The number of carboxylic acids is 1. The van der Waals surface area contributed by atoms with Crippen molar-refractivity contribution in [1.29, 1.82) is 0 Å². The summed E-state index contributed by atoms with van der Waals surface area (Å²) >= 11 is 0. The maximum atomic E-state index is 11.7. The Kier molecular flexibility index (Phi) is 4.26. The Morgan fingerprint density at radius 1 is 1.62 bits per heavy atom. The molecule has 0 saturated heterocycles. The molecule has 0 aliphatic heterocycles.